The van der Waals surface area contributed by atoms with Crippen LogP contribution in [0, 0.1) is 20.8 Å². The number of primary amides is 1. The minimum atomic E-state index is -0.407. The molecule has 0 aliphatic carbocycles. The quantitative estimate of drug-likeness (QED) is 0.885. The number of hydrogen-bond acceptors (Lipinski definition) is 3. The zero-order valence-electron chi connectivity index (χ0n) is 10.1. The molecule has 1 aromatic carbocycles. The van der Waals surface area contributed by atoms with Gasteiger partial charge in [-0.15, -0.1) is 11.3 Å². The van der Waals surface area contributed by atoms with E-state index in [4.69, 9.17) is 5.73 Å². The third-order valence-corrected chi connectivity index (χ3v) is 4.00. The normalized spacial score (nSPS) is 10.5. The van der Waals surface area contributed by atoms with Crippen LogP contribution in [0.4, 0.5) is 0 Å². The van der Waals surface area contributed by atoms with Gasteiger partial charge in [0, 0.05) is 5.56 Å². The molecule has 88 valence electrons. The first-order chi connectivity index (χ1) is 7.99. The predicted octanol–water partition coefficient (Wildman–Crippen LogP) is 2.83. The van der Waals surface area contributed by atoms with E-state index in [0.717, 1.165) is 10.6 Å². The molecule has 3 nitrogen and oxygen atoms in total. The number of aromatic nitrogens is 1. The number of nitrogens with two attached hydrogens (primary N) is 1. The first-order valence-corrected chi connectivity index (χ1v) is 6.15. The minimum Gasteiger partial charge on any atom is -0.365 e. The van der Waals surface area contributed by atoms with E-state index < -0.39 is 5.91 Å². The van der Waals surface area contributed by atoms with Gasteiger partial charge < -0.3 is 5.73 Å². The predicted molar refractivity (Wildman–Crippen MR) is 70.3 cm³/mol. The van der Waals surface area contributed by atoms with Crippen LogP contribution in [0.25, 0.3) is 10.6 Å². The van der Waals surface area contributed by atoms with Crippen molar-refractivity contribution in [3.63, 3.8) is 0 Å². The Hall–Kier alpha value is -1.68. The smallest absolute Gasteiger partial charge is 0.260 e. The molecule has 17 heavy (non-hydrogen) atoms. The highest BCUT2D eigenvalue weighted by Crippen LogP contribution is 2.28. The highest BCUT2D eigenvalue weighted by Gasteiger charge is 2.13. The molecule has 0 aliphatic rings. The van der Waals surface area contributed by atoms with Crippen molar-refractivity contribution in [2.45, 2.75) is 20.8 Å². The van der Waals surface area contributed by atoms with Gasteiger partial charge in [-0.2, -0.15) is 0 Å². The van der Waals surface area contributed by atoms with Crippen LogP contribution in [0.3, 0.4) is 0 Å². The standard InChI is InChI=1S/C13H14N2OS/c1-7-4-5-10(6-8(7)2)13-15-9(3)11(17-13)12(14)16/h4-6H,1-3H3,(H2,14,16). The number of aryl methyl sites for hydroxylation is 3. The van der Waals surface area contributed by atoms with Crippen molar-refractivity contribution in [3.8, 4) is 10.6 Å². The van der Waals surface area contributed by atoms with Crippen molar-refractivity contribution in [1.82, 2.24) is 4.98 Å². The molecular formula is C13H14N2OS. The molecule has 0 bridgehead atoms. The van der Waals surface area contributed by atoms with Crippen LogP contribution < -0.4 is 5.73 Å². The first kappa shape index (κ1) is 11.8. The summed E-state index contributed by atoms with van der Waals surface area (Å²) < 4.78 is 0. The van der Waals surface area contributed by atoms with E-state index >= 15 is 0 Å². The maximum absolute atomic E-state index is 11.2. The van der Waals surface area contributed by atoms with Crippen LogP contribution in [0.5, 0.6) is 0 Å². The Morgan fingerprint density at radius 1 is 1.24 bits per heavy atom. The summed E-state index contributed by atoms with van der Waals surface area (Å²) in [5, 5.41) is 0.847. The zero-order chi connectivity index (χ0) is 12.6. The van der Waals surface area contributed by atoms with Crippen LogP contribution in [0.2, 0.25) is 0 Å². The lowest BCUT2D eigenvalue weighted by Gasteiger charge is -2.01. The summed E-state index contributed by atoms with van der Waals surface area (Å²) in [5.41, 5.74) is 9.50. The summed E-state index contributed by atoms with van der Waals surface area (Å²) in [5.74, 6) is -0.407. The average molecular weight is 246 g/mol. The van der Waals surface area contributed by atoms with Gasteiger partial charge in [0.1, 0.15) is 9.88 Å². The zero-order valence-corrected chi connectivity index (χ0v) is 10.9. The SMILES string of the molecule is Cc1ccc(-c2nc(C)c(C(N)=O)s2)cc1C. The maximum atomic E-state index is 11.2. The summed E-state index contributed by atoms with van der Waals surface area (Å²) in [6, 6.07) is 6.16. The van der Waals surface area contributed by atoms with Crippen molar-refractivity contribution >= 4 is 17.2 Å². The summed E-state index contributed by atoms with van der Waals surface area (Å²) in [7, 11) is 0. The Labute approximate surface area is 104 Å². The van der Waals surface area contributed by atoms with E-state index in [1.807, 2.05) is 6.07 Å². The minimum absolute atomic E-state index is 0.407. The van der Waals surface area contributed by atoms with Gasteiger partial charge in [-0.05, 0) is 38.0 Å². The van der Waals surface area contributed by atoms with E-state index in [0.29, 0.717) is 10.6 Å². The van der Waals surface area contributed by atoms with E-state index in [1.165, 1.54) is 22.5 Å². The van der Waals surface area contributed by atoms with Crippen molar-refractivity contribution in [2.24, 2.45) is 5.73 Å². The Morgan fingerprint density at radius 2 is 1.94 bits per heavy atom. The van der Waals surface area contributed by atoms with E-state index in [1.54, 1.807) is 6.92 Å². The molecule has 0 atom stereocenters. The van der Waals surface area contributed by atoms with E-state index in [-0.39, 0.29) is 0 Å². The van der Waals surface area contributed by atoms with E-state index in [9.17, 15) is 4.79 Å². The molecule has 1 amide bonds. The molecule has 2 N–H and O–H groups in total. The highest BCUT2D eigenvalue weighted by atomic mass is 32.1. The molecule has 0 radical (unpaired) electrons. The van der Waals surface area contributed by atoms with Crippen LogP contribution in [-0.4, -0.2) is 10.9 Å². The molecule has 0 saturated heterocycles. The van der Waals surface area contributed by atoms with Gasteiger partial charge in [-0.1, -0.05) is 12.1 Å². The number of carbonyl (C=O) groups is 1. The Bertz CT molecular complexity index is 587. The van der Waals surface area contributed by atoms with Gasteiger partial charge in [0.25, 0.3) is 5.91 Å². The fourth-order valence-corrected chi connectivity index (χ4v) is 2.54. The third-order valence-electron chi connectivity index (χ3n) is 2.77. The fraction of sp³-hybridized carbons (Fsp3) is 0.231. The molecule has 1 heterocycles. The third kappa shape index (κ3) is 2.22. The molecule has 2 rings (SSSR count). The lowest BCUT2D eigenvalue weighted by Crippen LogP contribution is -2.09. The molecule has 1 aromatic heterocycles. The van der Waals surface area contributed by atoms with Crippen molar-refractivity contribution in [1.29, 1.82) is 0 Å². The maximum Gasteiger partial charge on any atom is 0.260 e. The average Bonchev–Trinajstić information content (AvgIpc) is 2.64. The monoisotopic (exact) mass is 246 g/mol. The van der Waals surface area contributed by atoms with E-state index in [2.05, 4.69) is 31.0 Å². The Balaban J connectivity index is 2.50. The molecule has 0 saturated carbocycles. The molecule has 4 heteroatoms. The molecule has 0 unspecified atom stereocenters. The lowest BCUT2D eigenvalue weighted by atomic mass is 10.1. The van der Waals surface area contributed by atoms with Gasteiger partial charge in [0.2, 0.25) is 0 Å². The van der Waals surface area contributed by atoms with Crippen molar-refractivity contribution in [2.75, 3.05) is 0 Å². The summed E-state index contributed by atoms with van der Waals surface area (Å²) in [6.45, 7) is 5.94. The lowest BCUT2D eigenvalue weighted by molar-refractivity contribution is 0.100. The molecule has 2 aromatic rings. The molecular weight excluding hydrogens is 232 g/mol. The number of thiazole rings is 1. The van der Waals surface area contributed by atoms with Crippen LogP contribution in [-0.2, 0) is 0 Å². The van der Waals surface area contributed by atoms with Gasteiger partial charge in [-0.25, -0.2) is 4.98 Å². The van der Waals surface area contributed by atoms with Crippen LogP contribution in [0.1, 0.15) is 26.5 Å². The highest BCUT2D eigenvalue weighted by molar-refractivity contribution is 7.17. The van der Waals surface area contributed by atoms with Gasteiger partial charge >= 0.3 is 0 Å². The second kappa shape index (κ2) is 4.30. The Kier molecular flexibility index (Phi) is 2.98. The van der Waals surface area contributed by atoms with Gasteiger partial charge in [0.15, 0.2) is 0 Å². The van der Waals surface area contributed by atoms with Crippen LogP contribution >= 0.6 is 11.3 Å². The Morgan fingerprint density at radius 3 is 2.47 bits per heavy atom. The number of rotatable bonds is 2. The number of nitrogens with zero attached hydrogens (tertiary/aromatic N) is 1. The van der Waals surface area contributed by atoms with Gasteiger partial charge in [0.05, 0.1) is 5.69 Å². The topological polar surface area (TPSA) is 56.0 Å². The largest absolute Gasteiger partial charge is 0.365 e. The van der Waals surface area contributed by atoms with Crippen LogP contribution in [0.15, 0.2) is 18.2 Å². The number of carbonyl (C=O) groups excluding carboxylic acids is 1. The van der Waals surface area contributed by atoms with Crippen molar-refractivity contribution in [3.05, 3.63) is 39.9 Å². The number of hydrogen-bond donors (Lipinski definition) is 1. The number of amides is 1. The van der Waals surface area contributed by atoms with Gasteiger partial charge in [-0.3, -0.25) is 4.79 Å². The first-order valence-electron chi connectivity index (χ1n) is 5.34. The van der Waals surface area contributed by atoms with Crippen molar-refractivity contribution < 1.29 is 4.79 Å². The number of benzene rings is 1. The second-order valence-corrected chi connectivity index (χ2v) is 5.10. The molecule has 0 spiro atoms. The summed E-state index contributed by atoms with van der Waals surface area (Å²) >= 11 is 1.35. The fourth-order valence-electron chi connectivity index (χ4n) is 1.62. The summed E-state index contributed by atoms with van der Waals surface area (Å²) in [4.78, 5) is 16.1. The molecule has 0 fully saturated rings. The summed E-state index contributed by atoms with van der Waals surface area (Å²) in [6.07, 6.45) is 0. The second-order valence-electron chi connectivity index (χ2n) is 4.10. The molecule has 0 aliphatic heterocycles.